The summed E-state index contributed by atoms with van der Waals surface area (Å²) in [5.41, 5.74) is 0.649. The van der Waals surface area contributed by atoms with Gasteiger partial charge in [-0.05, 0) is 43.6 Å². The number of pyridine rings is 1. The Bertz CT molecular complexity index is 627. The number of aromatic nitrogens is 3. The van der Waals surface area contributed by atoms with Crippen LogP contribution in [0.25, 0.3) is 11.5 Å². The van der Waals surface area contributed by atoms with Crippen molar-refractivity contribution in [3.05, 3.63) is 30.3 Å². The fraction of sp³-hybridized carbons (Fsp3) is 0.467. The average molecular weight is 318 g/mol. The van der Waals surface area contributed by atoms with E-state index in [-0.39, 0.29) is 11.9 Å². The van der Waals surface area contributed by atoms with Crippen molar-refractivity contribution in [2.45, 2.75) is 25.8 Å². The lowest BCUT2D eigenvalue weighted by Gasteiger charge is -2.09. The van der Waals surface area contributed by atoms with Crippen LogP contribution in [-0.2, 0) is 4.79 Å². The van der Waals surface area contributed by atoms with Gasteiger partial charge in [-0.1, -0.05) is 11.2 Å². The van der Waals surface area contributed by atoms with E-state index in [1.165, 1.54) is 12.8 Å². The van der Waals surface area contributed by atoms with Gasteiger partial charge in [-0.2, -0.15) is 16.7 Å². The Kier molecular flexibility index (Phi) is 4.72. The largest absolute Gasteiger partial charge is 0.344 e. The molecule has 2 heterocycles. The van der Waals surface area contributed by atoms with Crippen molar-refractivity contribution < 1.29 is 9.32 Å². The highest BCUT2D eigenvalue weighted by atomic mass is 32.2. The van der Waals surface area contributed by atoms with Crippen molar-refractivity contribution in [3.8, 4) is 11.5 Å². The molecular formula is C15H18N4O2S. The lowest BCUT2D eigenvalue weighted by molar-refractivity contribution is -0.119. The molecule has 0 aliphatic heterocycles. The molecule has 0 spiro atoms. The van der Waals surface area contributed by atoms with Crippen LogP contribution < -0.4 is 5.32 Å². The molecule has 0 aromatic carbocycles. The van der Waals surface area contributed by atoms with Crippen molar-refractivity contribution >= 4 is 17.7 Å². The zero-order valence-corrected chi connectivity index (χ0v) is 13.2. The maximum atomic E-state index is 11.9. The first kappa shape index (κ1) is 15.0. The summed E-state index contributed by atoms with van der Waals surface area (Å²) in [5, 5.41) is 6.78. The van der Waals surface area contributed by atoms with Crippen molar-refractivity contribution in [1.29, 1.82) is 0 Å². The predicted octanol–water partition coefficient (Wildman–Crippen LogP) is 2.45. The molecule has 0 saturated heterocycles. The van der Waals surface area contributed by atoms with E-state index >= 15 is 0 Å². The number of hydrogen-bond acceptors (Lipinski definition) is 6. The Morgan fingerprint density at radius 2 is 2.36 bits per heavy atom. The molecule has 22 heavy (non-hydrogen) atoms. The van der Waals surface area contributed by atoms with Gasteiger partial charge in [0.25, 0.3) is 0 Å². The van der Waals surface area contributed by atoms with E-state index in [9.17, 15) is 4.79 Å². The van der Waals surface area contributed by atoms with E-state index in [0.717, 1.165) is 11.7 Å². The van der Waals surface area contributed by atoms with Gasteiger partial charge < -0.3 is 9.84 Å². The average Bonchev–Trinajstić information content (AvgIpc) is 3.21. The highest BCUT2D eigenvalue weighted by Gasteiger charge is 2.22. The van der Waals surface area contributed by atoms with Gasteiger partial charge in [0.2, 0.25) is 17.6 Å². The SMILES string of the molecule is C[C@@H](NC(=O)CSCC1CC1)c1nc(-c2ccccn2)no1. The van der Waals surface area contributed by atoms with Crippen LogP contribution in [0, 0.1) is 5.92 Å². The lowest BCUT2D eigenvalue weighted by Crippen LogP contribution is -2.28. The summed E-state index contributed by atoms with van der Waals surface area (Å²) in [6.45, 7) is 1.83. The minimum absolute atomic E-state index is 0.00395. The number of rotatable bonds is 7. The van der Waals surface area contributed by atoms with Crippen LogP contribution >= 0.6 is 11.8 Å². The van der Waals surface area contributed by atoms with Crippen LogP contribution in [0.1, 0.15) is 31.7 Å². The fourth-order valence-corrected chi connectivity index (χ4v) is 3.01. The Labute approximate surface area is 133 Å². The third-order valence-corrected chi connectivity index (χ3v) is 4.54. The molecule has 2 aromatic heterocycles. The molecule has 2 aromatic rings. The zero-order valence-electron chi connectivity index (χ0n) is 12.4. The van der Waals surface area contributed by atoms with E-state index in [4.69, 9.17) is 4.52 Å². The summed E-state index contributed by atoms with van der Waals surface area (Å²) in [5.74, 6) is 3.19. The lowest BCUT2D eigenvalue weighted by atomic mass is 10.3. The monoisotopic (exact) mass is 318 g/mol. The molecule has 7 heteroatoms. The quantitative estimate of drug-likeness (QED) is 0.844. The fourth-order valence-electron chi connectivity index (χ4n) is 1.96. The summed E-state index contributed by atoms with van der Waals surface area (Å²) in [7, 11) is 0. The number of nitrogens with one attached hydrogen (secondary N) is 1. The molecule has 0 bridgehead atoms. The van der Waals surface area contributed by atoms with Gasteiger partial charge in [0.05, 0.1) is 5.75 Å². The van der Waals surface area contributed by atoms with E-state index < -0.39 is 0 Å². The second-order valence-corrected chi connectivity index (χ2v) is 6.45. The van der Waals surface area contributed by atoms with Crippen LogP contribution in [0.2, 0.25) is 0 Å². The predicted molar refractivity (Wildman–Crippen MR) is 84.1 cm³/mol. The highest BCUT2D eigenvalue weighted by Crippen LogP contribution is 2.32. The first-order valence-corrected chi connectivity index (χ1v) is 8.50. The Balaban J connectivity index is 1.52. The van der Waals surface area contributed by atoms with Gasteiger partial charge in [-0.15, -0.1) is 0 Å². The third-order valence-electron chi connectivity index (χ3n) is 3.37. The summed E-state index contributed by atoms with van der Waals surface area (Å²) in [6.07, 6.45) is 4.29. The van der Waals surface area contributed by atoms with Crippen molar-refractivity contribution in [2.75, 3.05) is 11.5 Å². The van der Waals surface area contributed by atoms with E-state index in [0.29, 0.717) is 23.2 Å². The topological polar surface area (TPSA) is 80.9 Å². The van der Waals surface area contributed by atoms with E-state index in [1.54, 1.807) is 18.0 Å². The second kappa shape index (κ2) is 6.91. The van der Waals surface area contributed by atoms with Crippen LogP contribution in [-0.4, -0.2) is 32.5 Å². The summed E-state index contributed by atoms with van der Waals surface area (Å²) < 4.78 is 5.21. The smallest absolute Gasteiger partial charge is 0.249 e. The molecule has 1 atom stereocenters. The first-order chi connectivity index (χ1) is 10.7. The molecule has 1 amide bonds. The Morgan fingerprint density at radius 1 is 1.50 bits per heavy atom. The third kappa shape index (κ3) is 4.07. The maximum Gasteiger partial charge on any atom is 0.249 e. The van der Waals surface area contributed by atoms with Gasteiger partial charge in [0.1, 0.15) is 11.7 Å². The van der Waals surface area contributed by atoms with Crippen LogP contribution in [0.15, 0.2) is 28.9 Å². The molecule has 1 saturated carbocycles. The number of carbonyl (C=O) groups is 1. The van der Waals surface area contributed by atoms with Gasteiger partial charge in [-0.25, -0.2) is 0 Å². The van der Waals surface area contributed by atoms with Crippen molar-refractivity contribution in [1.82, 2.24) is 20.4 Å². The van der Waals surface area contributed by atoms with E-state index in [1.807, 2.05) is 25.1 Å². The zero-order chi connectivity index (χ0) is 15.4. The molecule has 3 rings (SSSR count). The van der Waals surface area contributed by atoms with Crippen molar-refractivity contribution in [3.63, 3.8) is 0 Å². The summed E-state index contributed by atoms with van der Waals surface area (Å²) >= 11 is 1.68. The number of amides is 1. The molecular weight excluding hydrogens is 300 g/mol. The van der Waals surface area contributed by atoms with Gasteiger partial charge in [0.15, 0.2) is 0 Å². The van der Waals surface area contributed by atoms with Gasteiger partial charge >= 0.3 is 0 Å². The molecule has 0 unspecified atom stereocenters. The van der Waals surface area contributed by atoms with Gasteiger partial charge in [0, 0.05) is 6.20 Å². The minimum Gasteiger partial charge on any atom is -0.344 e. The number of hydrogen-bond donors (Lipinski definition) is 1. The van der Waals surface area contributed by atoms with E-state index in [2.05, 4.69) is 20.4 Å². The molecule has 6 nitrogen and oxygen atoms in total. The van der Waals surface area contributed by atoms with Crippen LogP contribution in [0.5, 0.6) is 0 Å². The molecule has 1 aliphatic rings. The van der Waals surface area contributed by atoms with Crippen molar-refractivity contribution in [2.24, 2.45) is 5.92 Å². The molecule has 1 N–H and O–H groups in total. The van der Waals surface area contributed by atoms with Crippen LogP contribution in [0.4, 0.5) is 0 Å². The molecule has 1 fully saturated rings. The van der Waals surface area contributed by atoms with Gasteiger partial charge in [-0.3, -0.25) is 9.78 Å². The Morgan fingerprint density at radius 3 is 3.09 bits per heavy atom. The maximum absolute atomic E-state index is 11.9. The summed E-state index contributed by atoms with van der Waals surface area (Å²) in [6, 6.07) is 5.19. The second-order valence-electron chi connectivity index (χ2n) is 5.42. The summed E-state index contributed by atoms with van der Waals surface area (Å²) in [4.78, 5) is 20.3. The number of nitrogens with zero attached hydrogens (tertiary/aromatic N) is 3. The molecule has 116 valence electrons. The number of carbonyl (C=O) groups excluding carboxylic acids is 1. The first-order valence-electron chi connectivity index (χ1n) is 7.34. The highest BCUT2D eigenvalue weighted by molar-refractivity contribution is 7.99. The van der Waals surface area contributed by atoms with Crippen LogP contribution in [0.3, 0.4) is 0 Å². The number of thioether (sulfide) groups is 1. The minimum atomic E-state index is -0.306. The normalized spacial score (nSPS) is 15.5. The molecule has 0 radical (unpaired) electrons. The standard InChI is InChI=1S/C15H18N4O2S/c1-10(17-13(20)9-22-8-11-5-6-11)15-18-14(19-21-15)12-4-2-3-7-16-12/h2-4,7,10-11H,5-6,8-9H2,1H3,(H,17,20)/t10-/m1/s1. The Hall–Kier alpha value is -1.89. The molecule has 1 aliphatic carbocycles.